The lowest BCUT2D eigenvalue weighted by atomic mass is 9.99. The van der Waals surface area contributed by atoms with Crippen molar-refractivity contribution in [1.82, 2.24) is 4.98 Å². The zero-order valence-corrected chi connectivity index (χ0v) is 11.1. The Balaban J connectivity index is 1.90. The number of hydrogen-bond acceptors (Lipinski definition) is 4. The topological polar surface area (TPSA) is 60.2 Å². The number of hydrogen-bond donors (Lipinski definition) is 2. The van der Waals surface area contributed by atoms with Gasteiger partial charge in [0.1, 0.15) is 0 Å². The molecule has 1 aromatic carbocycles. The van der Waals surface area contributed by atoms with Crippen LogP contribution in [0.2, 0.25) is 0 Å². The Labute approximate surface area is 113 Å². The molecule has 2 unspecified atom stereocenters. The molecular formula is C15H19N3O. The molecule has 2 aromatic rings. The van der Waals surface area contributed by atoms with E-state index in [2.05, 4.69) is 17.2 Å². The van der Waals surface area contributed by atoms with Crippen LogP contribution in [0.5, 0.6) is 0 Å². The van der Waals surface area contributed by atoms with Crippen molar-refractivity contribution in [2.24, 2.45) is 5.92 Å². The SMILES string of the molecule is CC(Nc1ccc(N)c2cnccc12)C1CCOC1. The number of nitrogens with two attached hydrogens (primary N) is 1. The van der Waals surface area contributed by atoms with Crippen LogP contribution in [0.15, 0.2) is 30.6 Å². The first-order valence-corrected chi connectivity index (χ1v) is 6.72. The fourth-order valence-electron chi connectivity index (χ4n) is 2.65. The molecule has 19 heavy (non-hydrogen) atoms. The van der Waals surface area contributed by atoms with Crippen molar-refractivity contribution in [1.29, 1.82) is 0 Å². The molecule has 0 radical (unpaired) electrons. The van der Waals surface area contributed by atoms with Crippen LogP contribution >= 0.6 is 0 Å². The third kappa shape index (κ3) is 2.36. The third-order valence-corrected chi connectivity index (χ3v) is 3.91. The summed E-state index contributed by atoms with van der Waals surface area (Å²) in [5.74, 6) is 0.578. The summed E-state index contributed by atoms with van der Waals surface area (Å²) in [5.41, 5.74) is 7.88. The molecular weight excluding hydrogens is 238 g/mol. The molecule has 3 N–H and O–H groups in total. The molecule has 1 aromatic heterocycles. The normalized spacial score (nSPS) is 20.6. The highest BCUT2D eigenvalue weighted by Crippen LogP contribution is 2.29. The lowest BCUT2D eigenvalue weighted by Crippen LogP contribution is -2.26. The molecule has 4 heteroatoms. The second-order valence-electron chi connectivity index (χ2n) is 5.18. The fraction of sp³-hybridized carbons (Fsp3) is 0.400. The van der Waals surface area contributed by atoms with Gasteiger partial charge in [-0.05, 0) is 31.5 Å². The Morgan fingerprint density at radius 2 is 2.26 bits per heavy atom. The van der Waals surface area contributed by atoms with Gasteiger partial charge in [0, 0.05) is 53.1 Å². The lowest BCUT2D eigenvalue weighted by molar-refractivity contribution is 0.183. The van der Waals surface area contributed by atoms with Crippen molar-refractivity contribution < 1.29 is 4.74 Å². The maximum Gasteiger partial charge on any atom is 0.0514 e. The first-order valence-electron chi connectivity index (χ1n) is 6.72. The van der Waals surface area contributed by atoms with Gasteiger partial charge in [0.05, 0.1) is 6.61 Å². The Hall–Kier alpha value is -1.81. The van der Waals surface area contributed by atoms with E-state index in [0.29, 0.717) is 12.0 Å². The Morgan fingerprint density at radius 3 is 3.05 bits per heavy atom. The summed E-state index contributed by atoms with van der Waals surface area (Å²) < 4.78 is 5.45. The fourth-order valence-corrected chi connectivity index (χ4v) is 2.65. The highest BCUT2D eigenvalue weighted by Gasteiger charge is 2.22. The van der Waals surface area contributed by atoms with Gasteiger partial charge in [-0.3, -0.25) is 4.98 Å². The number of anilines is 2. The number of aromatic nitrogens is 1. The molecule has 1 fully saturated rings. The molecule has 4 nitrogen and oxygen atoms in total. The summed E-state index contributed by atoms with van der Waals surface area (Å²) in [4.78, 5) is 4.14. The predicted molar refractivity (Wildman–Crippen MR) is 78.2 cm³/mol. The average Bonchev–Trinajstić information content (AvgIpc) is 2.96. The van der Waals surface area contributed by atoms with Gasteiger partial charge in [-0.1, -0.05) is 0 Å². The molecule has 2 heterocycles. The summed E-state index contributed by atoms with van der Waals surface area (Å²) in [5, 5.41) is 5.72. The molecule has 3 rings (SSSR count). The molecule has 2 atom stereocenters. The maximum absolute atomic E-state index is 5.99. The van der Waals surface area contributed by atoms with E-state index in [0.717, 1.165) is 41.8 Å². The predicted octanol–water partition coefficient (Wildman–Crippen LogP) is 2.65. The lowest BCUT2D eigenvalue weighted by Gasteiger charge is -2.21. The van der Waals surface area contributed by atoms with E-state index in [9.17, 15) is 0 Å². The number of benzene rings is 1. The highest BCUT2D eigenvalue weighted by molar-refractivity contribution is 6.00. The zero-order valence-electron chi connectivity index (χ0n) is 11.1. The van der Waals surface area contributed by atoms with Gasteiger partial charge in [-0.25, -0.2) is 0 Å². The minimum absolute atomic E-state index is 0.391. The van der Waals surface area contributed by atoms with Crippen molar-refractivity contribution in [3.05, 3.63) is 30.6 Å². The van der Waals surface area contributed by atoms with Gasteiger partial charge < -0.3 is 15.8 Å². The Kier molecular flexibility index (Phi) is 3.25. The van der Waals surface area contributed by atoms with Crippen LogP contribution in [-0.2, 0) is 4.74 Å². The molecule has 0 bridgehead atoms. The first-order chi connectivity index (χ1) is 9.25. The van der Waals surface area contributed by atoms with Crippen LogP contribution < -0.4 is 11.1 Å². The number of ether oxygens (including phenoxy) is 1. The van der Waals surface area contributed by atoms with Gasteiger partial charge in [-0.15, -0.1) is 0 Å². The minimum atomic E-state index is 0.391. The largest absolute Gasteiger partial charge is 0.398 e. The van der Waals surface area contributed by atoms with Crippen LogP contribution in [0.3, 0.4) is 0 Å². The second kappa shape index (κ2) is 5.05. The molecule has 1 aliphatic heterocycles. The molecule has 0 spiro atoms. The van der Waals surface area contributed by atoms with Gasteiger partial charge in [0.15, 0.2) is 0 Å². The summed E-state index contributed by atoms with van der Waals surface area (Å²) in [6, 6.07) is 6.38. The molecule has 0 amide bonds. The third-order valence-electron chi connectivity index (χ3n) is 3.91. The summed E-state index contributed by atoms with van der Waals surface area (Å²) in [6.07, 6.45) is 4.75. The maximum atomic E-state index is 5.99. The number of fused-ring (bicyclic) bond motifs is 1. The van der Waals surface area contributed by atoms with Crippen molar-refractivity contribution in [2.75, 3.05) is 24.3 Å². The van der Waals surface area contributed by atoms with E-state index in [1.165, 1.54) is 0 Å². The molecule has 0 aliphatic carbocycles. The van der Waals surface area contributed by atoms with E-state index in [1.807, 2.05) is 24.4 Å². The smallest absolute Gasteiger partial charge is 0.0514 e. The second-order valence-corrected chi connectivity index (χ2v) is 5.18. The van der Waals surface area contributed by atoms with Gasteiger partial charge >= 0.3 is 0 Å². The van der Waals surface area contributed by atoms with Gasteiger partial charge in [0.2, 0.25) is 0 Å². The molecule has 100 valence electrons. The summed E-state index contributed by atoms with van der Waals surface area (Å²) in [6.45, 7) is 3.94. The molecule has 0 saturated carbocycles. The number of nitrogen functional groups attached to an aromatic ring is 1. The average molecular weight is 257 g/mol. The van der Waals surface area contributed by atoms with Crippen LogP contribution in [0.25, 0.3) is 10.8 Å². The zero-order chi connectivity index (χ0) is 13.2. The summed E-state index contributed by atoms with van der Waals surface area (Å²) >= 11 is 0. The molecule has 1 saturated heterocycles. The quantitative estimate of drug-likeness (QED) is 0.830. The standard InChI is InChI=1S/C15H19N3O/c1-10(11-5-7-19-9-11)18-15-3-2-14(16)13-8-17-6-4-12(13)15/h2-4,6,8,10-11,18H,5,7,9,16H2,1H3. The highest BCUT2D eigenvalue weighted by atomic mass is 16.5. The van der Waals surface area contributed by atoms with Crippen LogP contribution in [0, 0.1) is 5.92 Å². The van der Waals surface area contributed by atoms with E-state index < -0.39 is 0 Å². The van der Waals surface area contributed by atoms with E-state index in [4.69, 9.17) is 10.5 Å². The van der Waals surface area contributed by atoms with Crippen LogP contribution in [0.1, 0.15) is 13.3 Å². The number of pyridine rings is 1. The Bertz CT molecular complexity index is 579. The monoisotopic (exact) mass is 257 g/mol. The summed E-state index contributed by atoms with van der Waals surface area (Å²) in [7, 11) is 0. The van der Waals surface area contributed by atoms with E-state index in [1.54, 1.807) is 6.20 Å². The van der Waals surface area contributed by atoms with Crippen molar-refractivity contribution >= 4 is 22.1 Å². The van der Waals surface area contributed by atoms with Gasteiger partial charge in [-0.2, -0.15) is 0 Å². The van der Waals surface area contributed by atoms with Crippen molar-refractivity contribution in [3.8, 4) is 0 Å². The number of rotatable bonds is 3. The van der Waals surface area contributed by atoms with Crippen molar-refractivity contribution in [3.63, 3.8) is 0 Å². The number of nitrogens with zero attached hydrogens (tertiary/aromatic N) is 1. The molecule has 1 aliphatic rings. The van der Waals surface area contributed by atoms with Crippen LogP contribution in [-0.4, -0.2) is 24.2 Å². The van der Waals surface area contributed by atoms with E-state index >= 15 is 0 Å². The van der Waals surface area contributed by atoms with Crippen molar-refractivity contribution in [2.45, 2.75) is 19.4 Å². The first kappa shape index (κ1) is 12.2. The number of nitrogens with one attached hydrogen (secondary N) is 1. The van der Waals surface area contributed by atoms with E-state index in [-0.39, 0.29) is 0 Å². The van der Waals surface area contributed by atoms with Crippen LogP contribution in [0.4, 0.5) is 11.4 Å². The Morgan fingerprint density at radius 1 is 1.37 bits per heavy atom. The van der Waals surface area contributed by atoms with Gasteiger partial charge in [0.25, 0.3) is 0 Å². The minimum Gasteiger partial charge on any atom is -0.398 e.